The maximum Gasteiger partial charge on any atom is 0.0947 e. The molecule has 0 N–H and O–H groups in total. The van der Waals surface area contributed by atoms with Crippen LogP contribution in [0.5, 0.6) is 0 Å². The molecule has 0 amide bonds. The predicted molar refractivity (Wildman–Crippen MR) is 46.5 cm³/mol. The molecule has 2 nitrogen and oxygen atoms in total. The normalized spacial score (nSPS) is 12.0. The third-order valence-corrected chi connectivity index (χ3v) is 2.28. The van der Waals surface area contributed by atoms with E-state index in [-0.39, 0.29) is 5.41 Å². The van der Waals surface area contributed by atoms with Gasteiger partial charge in [-0.15, -0.1) is 0 Å². The van der Waals surface area contributed by atoms with Gasteiger partial charge in [0.1, 0.15) is 0 Å². The van der Waals surface area contributed by atoms with Gasteiger partial charge in [-0.05, 0) is 6.42 Å². The minimum Gasteiger partial charge on any atom is -0.340 e. The molecule has 0 radical (unpaired) electrons. The van der Waals surface area contributed by atoms with E-state index in [9.17, 15) is 0 Å². The van der Waals surface area contributed by atoms with Crippen LogP contribution in [0.25, 0.3) is 0 Å². The fourth-order valence-electron chi connectivity index (χ4n) is 0.943. The van der Waals surface area contributed by atoms with Crippen LogP contribution >= 0.6 is 0 Å². The van der Waals surface area contributed by atoms with Crippen molar-refractivity contribution in [2.24, 2.45) is 7.05 Å². The number of nitrogens with zero attached hydrogens (tertiary/aromatic N) is 2. The van der Waals surface area contributed by atoms with Gasteiger partial charge in [-0.1, -0.05) is 20.8 Å². The Morgan fingerprint density at radius 1 is 1.55 bits per heavy atom. The Bertz CT molecular complexity index is 235. The SMILES string of the molecule is CCC(C)(C)c1cn(C)cn1. The van der Waals surface area contributed by atoms with Gasteiger partial charge in [-0.25, -0.2) is 4.98 Å². The Morgan fingerprint density at radius 3 is 2.55 bits per heavy atom. The van der Waals surface area contributed by atoms with Crippen LogP contribution < -0.4 is 0 Å². The quantitative estimate of drug-likeness (QED) is 0.634. The van der Waals surface area contributed by atoms with Gasteiger partial charge in [-0.3, -0.25) is 0 Å². The summed E-state index contributed by atoms with van der Waals surface area (Å²) in [4.78, 5) is 4.32. The monoisotopic (exact) mass is 152 g/mol. The van der Waals surface area contributed by atoms with Gasteiger partial charge in [0.15, 0.2) is 0 Å². The molecule has 62 valence electrons. The number of imidazole rings is 1. The highest BCUT2D eigenvalue weighted by molar-refractivity contribution is 5.09. The van der Waals surface area contributed by atoms with Crippen molar-refractivity contribution < 1.29 is 0 Å². The molecule has 0 aromatic carbocycles. The van der Waals surface area contributed by atoms with E-state index in [1.54, 1.807) is 0 Å². The van der Waals surface area contributed by atoms with Crippen LogP contribution in [0.15, 0.2) is 12.5 Å². The van der Waals surface area contributed by atoms with E-state index < -0.39 is 0 Å². The highest BCUT2D eigenvalue weighted by Crippen LogP contribution is 2.24. The van der Waals surface area contributed by atoms with Crippen molar-refractivity contribution in [2.75, 3.05) is 0 Å². The van der Waals surface area contributed by atoms with E-state index in [4.69, 9.17) is 0 Å². The van der Waals surface area contributed by atoms with Crippen LogP contribution in [0.2, 0.25) is 0 Å². The summed E-state index contributed by atoms with van der Waals surface area (Å²) in [5, 5.41) is 0. The number of aryl methyl sites for hydroxylation is 1. The predicted octanol–water partition coefficient (Wildman–Crippen LogP) is 2.11. The van der Waals surface area contributed by atoms with Crippen LogP contribution in [-0.4, -0.2) is 9.55 Å². The fourth-order valence-corrected chi connectivity index (χ4v) is 0.943. The lowest BCUT2D eigenvalue weighted by atomic mass is 9.87. The first-order valence-electron chi connectivity index (χ1n) is 4.04. The van der Waals surface area contributed by atoms with Crippen LogP contribution in [0.4, 0.5) is 0 Å². The Hall–Kier alpha value is -0.790. The summed E-state index contributed by atoms with van der Waals surface area (Å²) in [6.45, 7) is 6.62. The maximum absolute atomic E-state index is 4.32. The van der Waals surface area contributed by atoms with Crippen molar-refractivity contribution in [3.8, 4) is 0 Å². The summed E-state index contributed by atoms with van der Waals surface area (Å²) in [5.74, 6) is 0. The third kappa shape index (κ3) is 1.62. The molecular weight excluding hydrogens is 136 g/mol. The Labute approximate surface area is 68.3 Å². The first-order valence-corrected chi connectivity index (χ1v) is 4.04. The molecule has 0 aliphatic rings. The molecule has 1 aromatic heterocycles. The van der Waals surface area contributed by atoms with Gasteiger partial charge in [0.25, 0.3) is 0 Å². The number of rotatable bonds is 2. The molecule has 0 fully saturated rings. The zero-order chi connectivity index (χ0) is 8.48. The van der Waals surface area contributed by atoms with E-state index in [0.29, 0.717) is 0 Å². The van der Waals surface area contributed by atoms with Gasteiger partial charge in [0.2, 0.25) is 0 Å². The van der Waals surface area contributed by atoms with Gasteiger partial charge >= 0.3 is 0 Å². The Balaban J connectivity index is 2.92. The van der Waals surface area contributed by atoms with Crippen LogP contribution in [-0.2, 0) is 12.5 Å². The topological polar surface area (TPSA) is 17.8 Å². The van der Waals surface area contributed by atoms with Crippen molar-refractivity contribution >= 4 is 0 Å². The smallest absolute Gasteiger partial charge is 0.0947 e. The van der Waals surface area contributed by atoms with Crippen molar-refractivity contribution in [1.29, 1.82) is 0 Å². The van der Waals surface area contributed by atoms with Crippen molar-refractivity contribution in [3.63, 3.8) is 0 Å². The average molecular weight is 152 g/mol. The van der Waals surface area contributed by atoms with Gasteiger partial charge in [0, 0.05) is 18.7 Å². The lowest BCUT2D eigenvalue weighted by Gasteiger charge is -2.19. The summed E-state index contributed by atoms with van der Waals surface area (Å²) in [5.41, 5.74) is 1.41. The molecular formula is C9H16N2. The summed E-state index contributed by atoms with van der Waals surface area (Å²) in [6, 6.07) is 0. The van der Waals surface area contributed by atoms with E-state index in [2.05, 4.69) is 32.0 Å². The van der Waals surface area contributed by atoms with E-state index >= 15 is 0 Å². The second-order valence-electron chi connectivity index (χ2n) is 3.66. The standard InChI is InChI=1S/C9H16N2/c1-5-9(2,3)8-6-11(4)7-10-8/h6-7H,5H2,1-4H3. The molecule has 0 saturated heterocycles. The number of hydrogen-bond acceptors (Lipinski definition) is 1. The lowest BCUT2D eigenvalue weighted by Crippen LogP contribution is -2.15. The first kappa shape index (κ1) is 8.31. The molecule has 11 heavy (non-hydrogen) atoms. The van der Waals surface area contributed by atoms with Crippen LogP contribution in [0.1, 0.15) is 32.9 Å². The van der Waals surface area contributed by atoms with E-state index in [1.165, 1.54) is 5.69 Å². The first-order chi connectivity index (χ1) is 5.06. The fraction of sp³-hybridized carbons (Fsp3) is 0.667. The molecule has 0 saturated carbocycles. The Kier molecular flexibility index (Phi) is 2.03. The van der Waals surface area contributed by atoms with Gasteiger partial charge in [-0.2, -0.15) is 0 Å². The number of aromatic nitrogens is 2. The van der Waals surface area contributed by atoms with Gasteiger partial charge < -0.3 is 4.57 Å². The molecule has 0 aliphatic carbocycles. The molecule has 0 bridgehead atoms. The lowest BCUT2D eigenvalue weighted by molar-refractivity contribution is 0.492. The van der Waals surface area contributed by atoms with E-state index in [0.717, 1.165) is 6.42 Å². The second-order valence-corrected chi connectivity index (χ2v) is 3.66. The minimum absolute atomic E-state index is 0.223. The molecule has 2 heteroatoms. The van der Waals surface area contributed by atoms with Crippen LogP contribution in [0, 0.1) is 0 Å². The van der Waals surface area contributed by atoms with E-state index in [1.807, 2.05) is 17.9 Å². The summed E-state index contributed by atoms with van der Waals surface area (Å²) in [6.07, 6.45) is 5.07. The highest BCUT2D eigenvalue weighted by atomic mass is 15.0. The summed E-state index contributed by atoms with van der Waals surface area (Å²) >= 11 is 0. The molecule has 0 unspecified atom stereocenters. The zero-order valence-corrected chi connectivity index (χ0v) is 7.76. The van der Waals surface area contributed by atoms with Crippen LogP contribution in [0.3, 0.4) is 0 Å². The third-order valence-electron chi connectivity index (χ3n) is 2.28. The van der Waals surface area contributed by atoms with Crippen molar-refractivity contribution in [1.82, 2.24) is 9.55 Å². The van der Waals surface area contributed by atoms with Crippen molar-refractivity contribution in [3.05, 3.63) is 18.2 Å². The number of hydrogen-bond donors (Lipinski definition) is 0. The Morgan fingerprint density at radius 2 is 2.18 bits per heavy atom. The molecule has 1 heterocycles. The average Bonchev–Trinajstić information content (AvgIpc) is 2.36. The van der Waals surface area contributed by atoms with Crippen molar-refractivity contribution in [2.45, 2.75) is 32.6 Å². The maximum atomic E-state index is 4.32. The minimum atomic E-state index is 0.223. The molecule has 0 aliphatic heterocycles. The highest BCUT2D eigenvalue weighted by Gasteiger charge is 2.19. The second kappa shape index (κ2) is 2.68. The molecule has 0 spiro atoms. The summed E-state index contributed by atoms with van der Waals surface area (Å²) < 4.78 is 1.99. The largest absolute Gasteiger partial charge is 0.340 e. The zero-order valence-electron chi connectivity index (χ0n) is 7.76. The molecule has 1 rings (SSSR count). The molecule has 1 aromatic rings. The summed E-state index contributed by atoms with van der Waals surface area (Å²) in [7, 11) is 2.00. The van der Waals surface area contributed by atoms with Gasteiger partial charge in [0.05, 0.1) is 12.0 Å². The molecule has 0 atom stereocenters.